The van der Waals surface area contributed by atoms with Crippen LogP contribution in [0.3, 0.4) is 0 Å². The lowest BCUT2D eigenvalue weighted by molar-refractivity contribution is -0.120. The quantitative estimate of drug-likeness (QED) is 0.802. The van der Waals surface area contributed by atoms with Gasteiger partial charge in [0.15, 0.2) is 0 Å². The summed E-state index contributed by atoms with van der Waals surface area (Å²) in [6.07, 6.45) is 0.341. The van der Waals surface area contributed by atoms with Gasteiger partial charge in [0.1, 0.15) is 0 Å². The zero-order valence-electron chi connectivity index (χ0n) is 13.3. The van der Waals surface area contributed by atoms with E-state index in [-0.39, 0.29) is 11.8 Å². The van der Waals surface area contributed by atoms with Crippen LogP contribution in [0.1, 0.15) is 11.1 Å². The van der Waals surface area contributed by atoms with Gasteiger partial charge >= 0.3 is 0 Å². The van der Waals surface area contributed by atoms with Gasteiger partial charge in [-0.15, -0.1) is 11.8 Å². The molecule has 0 saturated carbocycles. The van der Waals surface area contributed by atoms with Crippen LogP contribution < -0.4 is 10.6 Å². The smallest absolute Gasteiger partial charge is 0.234 e. The van der Waals surface area contributed by atoms with Crippen molar-refractivity contribution in [3.05, 3.63) is 59.7 Å². The molecule has 0 spiro atoms. The molecule has 0 aliphatic rings. The van der Waals surface area contributed by atoms with Crippen molar-refractivity contribution in [1.82, 2.24) is 5.32 Å². The molecule has 0 aromatic heterocycles. The minimum Gasteiger partial charge on any atom is -0.359 e. The van der Waals surface area contributed by atoms with Gasteiger partial charge in [0, 0.05) is 17.6 Å². The Bertz CT molecular complexity index is 684. The Labute approximate surface area is 140 Å². The molecule has 23 heavy (non-hydrogen) atoms. The van der Waals surface area contributed by atoms with E-state index < -0.39 is 0 Å². The number of hydrogen-bond acceptors (Lipinski definition) is 3. The van der Waals surface area contributed by atoms with E-state index in [9.17, 15) is 9.59 Å². The third kappa shape index (κ3) is 5.45. The van der Waals surface area contributed by atoms with Gasteiger partial charge in [-0.1, -0.05) is 30.3 Å². The molecule has 0 saturated heterocycles. The highest BCUT2D eigenvalue weighted by atomic mass is 32.2. The molecule has 0 aliphatic heterocycles. The largest absolute Gasteiger partial charge is 0.359 e. The van der Waals surface area contributed by atoms with Crippen molar-refractivity contribution in [3.63, 3.8) is 0 Å². The van der Waals surface area contributed by atoms with Crippen molar-refractivity contribution >= 4 is 29.3 Å². The summed E-state index contributed by atoms with van der Waals surface area (Å²) >= 11 is 1.52. The van der Waals surface area contributed by atoms with Gasteiger partial charge in [0.05, 0.1) is 12.2 Å². The van der Waals surface area contributed by atoms with E-state index in [0.717, 1.165) is 16.1 Å². The van der Waals surface area contributed by atoms with Crippen molar-refractivity contribution in [2.75, 3.05) is 18.1 Å². The summed E-state index contributed by atoms with van der Waals surface area (Å²) in [7, 11) is 1.61. The Kier molecular flexibility index (Phi) is 6.23. The Hall–Kier alpha value is -2.27. The number of benzene rings is 2. The highest BCUT2D eigenvalue weighted by Crippen LogP contribution is 2.22. The molecule has 2 rings (SSSR count). The van der Waals surface area contributed by atoms with E-state index in [0.29, 0.717) is 12.2 Å². The molecule has 2 aromatic rings. The number of rotatable bonds is 6. The van der Waals surface area contributed by atoms with E-state index in [4.69, 9.17) is 0 Å². The van der Waals surface area contributed by atoms with Crippen LogP contribution >= 0.6 is 11.8 Å². The first-order chi connectivity index (χ1) is 11.1. The second-order valence-electron chi connectivity index (χ2n) is 5.15. The van der Waals surface area contributed by atoms with Gasteiger partial charge in [-0.3, -0.25) is 9.59 Å². The molecular weight excluding hydrogens is 308 g/mol. The third-order valence-corrected chi connectivity index (χ3v) is 4.51. The molecule has 2 N–H and O–H groups in total. The standard InChI is InChI=1S/C18H20N2O2S/c1-13-5-3-4-6-16(13)23-12-18(22)20-15-9-7-14(8-10-15)11-17(21)19-2/h3-10H,11-12H2,1-2H3,(H,19,21)(H,20,22). The molecule has 0 aliphatic carbocycles. The van der Waals surface area contributed by atoms with E-state index in [1.165, 1.54) is 17.3 Å². The molecule has 0 radical (unpaired) electrons. The zero-order chi connectivity index (χ0) is 16.7. The Morgan fingerprint density at radius 3 is 2.35 bits per heavy atom. The first kappa shape index (κ1) is 17.1. The number of aryl methyl sites for hydroxylation is 1. The summed E-state index contributed by atoms with van der Waals surface area (Å²) in [6, 6.07) is 15.3. The maximum Gasteiger partial charge on any atom is 0.234 e. The zero-order valence-corrected chi connectivity index (χ0v) is 14.1. The van der Waals surface area contributed by atoms with Crippen LogP contribution in [0.5, 0.6) is 0 Å². The lowest BCUT2D eigenvalue weighted by Gasteiger charge is -2.07. The fourth-order valence-electron chi connectivity index (χ4n) is 2.04. The highest BCUT2D eigenvalue weighted by molar-refractivity contribution is 8.00. The summed E-state index contributed by atoms with van der Waals surface area (Å²) < 4.78 is 0. The Morgan fingerprint density at radius 1 is 1.00 bits per heavy atom. The van der Waals surface area contributed by atoms with Crippen LogP contribution in [-0.2, 0) is 16.0 Å². The number of likely N-dealkylation sites (N-methyl/N-ethyl adjacent to an activating group) is 1. The monoisotopic (exact) mass is 328 g/mol. The van der Waals surface area contributed by atoms with Crippen molar-refractivity contribution < 1.29 is 9.59 Å². The van der Waals surface area contributed by atoms with Crippen molar-refractivity contribution in [1.29, 1.82) is 0 Å². The first-order valence-corrected chi connectivity index (χ1v) is 8.35. The minimum absolute atomic E-state index is 0.0311. The van der Waals surface area contributed by atoms with Crippen LogP contribution in [0.4, 0.5) is 5.69 Å². The van der Waals surface area contributed by atoms with Gasteiger partial charge in [-0.05, 0) is 36.2 Å². The lowest BCUT2D eigenvalue weighted by atomic mass is 10.1. The maximum atomic E-state index is 12.0. The predicted octanol–water partition coefficient (Wildman–Crippen LogP) is 3.01. The summed E-state index contributed by atoms with van der Waals surface area (Å²) in [5, 5.41) is 5.45. The van der Waals surface area contributed by atoms with Crippen molar-refractivity contribution in [3.8, 4) is 0 Å². The molecule has 0 bridgehead atoms. The number of carbonyl (C=O) groups excluding carboxylic acids is 2. The maximum absolute atomic E-state index is 12.0. The van der Waals surface area contributed by atoms with Crippen LogP contribution in [0.2, 0.25) is 0 Å². The van der Waals surface area contributed by atoms with Gasteiger partial charge in [-0.25, -0.2) is 0 Å². The normalized spacial score (nSPS) is 10.2. The molecule has 0 unspecified atom stereocenters. The van der Waals surface area contributed by atoms with Gasteiger partial charge in [0.2, 0.25) is 11.8 Å². The first-order valence-electron chi connectivity index (χ1n) is 7.36. The average Bonchev–Trinajstić information content (AvgIpc) is 2.56. The van der Waals surface area contributed by atoms with Crippen molar-refractivity contribution in [2.45, 2.75) is 18.2 Å². The van der Waals surface area contributed by atoms with Gasteiger partial charge in [-0.2, -0.15) is 0 Å². The predicted molar refractivity (Wildman–Crippen MR) is 94.7 cm³/mol. The molecule has 0 fully saturated rings. The van der Waals surface area contributed by atoms with Gasteiger partial charge in [0.25, 0.3) is 0 Å². The molecule has 5 heteroatoms. The second kappa shape index (κ2) is 8.39. The van der Waals surface area contributed by atoms with E-state index in [1.807, 2.05) is 55.5 Å². The average molecular weight is 328 g/mol. The molecule has 0 heterocycles. The number of thioether (sulfide) groups is 1. The highest BCUT2D eigenvalue weighted by Gasteiger charge is 2.06. The molecule has 120 valence electrons. The molecular formula is C18H20N2O2S. The van der Waals surface area contributed by atoms with Gasteiger partial charge < -0.3 is 10.6 Å². The van der Waals surface area contributed by atoms with E-state index in [1.54, 1.807) is 7.05 Å². The Morgan fingerprint density at radius 2 is 1.70 bits per heavy atom. The van der Waals surface area contributed by atoms with Crippen molar-refractivity contribution in [2.24, 2.45) is 0 Å². The Balaban J connectivity index is 1.85. The summed E-state index contributed by atoms with van der Waals surface area (Å²) in [4.78, 5) is 24.4. The summed E-state index contributed by atoms with van der Waals surface area (Å²) in [5.41, 5.74) is 2.82. The lowest BCUT2D eigenvalue weighted by Crippen LogP contribution is -2.20. The summed E-state index contributed by atoms with van der Waals surface area (Å²) in [6.45, 7) is 2.03. The third-order valence-electron chi connectivity index (χ3n) is 3.33. The van der Waals surface area contributed by atoms with E-state index >= 15 is 0 Å². The number of anilines is 1. The SMILES string of the molecule is CNC(=O)Cc1ccc(NC(=O)CSc2ccccc2C)cc1. The fraction of sp³-hybridized carbons (Fsp3) is 0.222. The second-order valence-corrected chi connectivity index (χ2v) is 6.17. The number of amides is 2. The number of carbonyl (C=O) groups is 2. The molecule has 2 aromatic carbocycles. The fourth-order valence-corrected chi connectivity index (χ4v) is 2.87. The van der Waals surface area contributed by atoms with E-state index in [2.05, 4.69) is 10.6 Å². The number of nitrogens with one attached hydrogen (secondary N) is 2. The minimum atomic E-state index is -0.0442. The summed E-state index contributed by atoms with van der Waals surface area (Å²) in [5.74, 6) is 0.291. The molecule has 4 nitrogen and oxygen atoms in total. The van der Waals surface area contributed by atoms with Crippen LogP contribution in [0.15, 0.2) is 53.4 Å². The molecule has 0 atom stereocenters. The topological polar surface area (TPSA) is 58.2 Å². The van der Waals surface area contributed by atoms with Crippen LogP contribution in [0.25, 0.3) is 0 Å². The molecule has 2 amide bonds. The van der Waals surface area contributed by atoms with Crippen LogP contribution in [0, 0.1) is 6.92 Å². The van der Waals surface area contributed by atoms with Crippen LogP contribution in [-0.4, -0.2) is 24.6 Å². The number of hydrogen-bond donors (Lipinski definition) is 2.